The molecule has 0 radical (unpaired) electrons. The van der Waals surface area contributed by atoms with Crippen LogP contribution in [0.1, 0.15) is 71.1 Å². The highest BCUT2D eigenvalue weighted by atomic mass is 16.3. The second-order valence-electron chi connectivity index (χ2n) is 5.20. The van der Waals surface area contributed by atoms with Crippen molar-refractivity contribution >= 4 is 0 Å². The lowest BCUT2D eigenvalue weighted by Crippen LogP contribution is -1.87. The molecule has 18 heavy (non-hydrogen) atoms. The topological polar surface area (TPSA) is 20.2 Å². The quantitative estimate of drug-likeness (QED) is 0.380. The highest BCUT2D eigenvalue weighted by Gasteiger charge is 2.01. The fraction of sp³-hybridized carbons (Fsp3) is 0.647. The number of allylic oxidation sites excluding steroid dienone is 6. The summed E-state index contributed by atoms with van der Waals surface area (Å²) in [6.45, 7) is 2.26. The summed E-state index contributed by atoms with van der Waals surface area (Å²) in [7, 11) is 0. The molecule has 0 saturated heterocycles. The van der Waals surface area contributed by atoms with Crippen molar-refractivity contribution in [3.63, 3.8) is 0 Å². The van der Waals surface area contributed by atoms with E-state index in [1.807, 2.05) is 24.3 Å². The van der Waals surface area contributed by atoms with Crippen LogP contribution in [0.3, 0.4) is 0 Å². The van der Waals surface area contributed by atoms with Crippen LogP contribution in [0.15, 0.2) is 35.6 Å². The number of hydrogen-bond donors (Lipinski definition) is 1. The van der Waals surface area contributed by atoms with E-state index in [1.165, 1.54) is 51.4 Å². The van der Waals surface area contributed by atoms with E-state index in [-0.39, 0.29) is 0 Å². The summed E-state index contributed by atoms with van der Waals surface area (Å²) in [6.07, 6.45) is 20.7. The molecule has 0 spiro atoms. The molecule has 1 N–H and O–H groups in total. The first kappa shape index (κ1) is 15.1. The summed E-state index contributed by atoms with van der Waals surface area (Å²) in [5, 5.41) is 9.83. The molecule has 0 aromatic rings. The predicted octanol–water partition coefficient (Wildman–Crippen LogP) is 5.85. The molecule has 1 aliphatic carbocycles. The lowest BCUT2D eigenvalue weighted by atomic mass is 10.1. The number of hydrogen-bond acceptors (Lipinski definition) is 1. The smallest absolute Gasteiger partial charge is 0.0994 e. The van der Waals surface area contributed by atoms with Crippen molar-refractivity contribution in [1.82, 2.24) is 0 Å². The standard InChI is InChI=1S/C17H28O/c1-2-3-4-5-6-7-8-9-10-15-17(18)16-13-11-12-14-16/h11-14,18H,2-10,15H2,1H3. The number of rotatable bonds is 10. The van der Waals surface area contributed by atoms with Crippen molar-refractivity contribution in [3.05, 3.63) is 35.6 Å². The summed E-state index contributed by atoms with van der Waals surface area (Å²) in [6, 6.07) is 0. The molecule has 0 unspecified atom stereocenters. The number of unbranched alkanes of at least 4 members (excludes halogenated alkanes) is 8. The van der Waals surface area contributed by atoms with E-state index in [9.17, 15) is 5.11 Å². The Bertz CT molecular complexity index is 283. The third kappa shape index (κ3) is 6.68. The Morgan fingerprint density at radius 2 is 1.33 bits per heavy atom. The second-order valence-corrected chi connectivity index (χ2v) is 5.20. The van der Waals surface area contributed by atoms with Gasteiger partial charge < -0.3 is 5.11 Å². The van der Waals surface area contributed by atoms with Crippen molar-refractivity contribution < 1.29 is 5.11 Å². The van der Waals surface area contributed by atoms with Gasteiger partial charge in [-0.05, 0) is 6.42 Å². The van der Waals surface area contributed by atoms with Crippen LogP contribution in [0.4, 0.5) is 0 Å². The lowest BCUT2D eigenvalue weighted by Gasteiger charge is -2.03. The molecule has 0 saturated carbocycles. The van der Waals surface area contributed by atoms with Crippen molar-refractivity contribution in [2.45, 2.75) is 71.1 Å². The summed E-state index contributed by atoms with van der Waals surface area (Å²) >= 11 is 0. The van der Waals surface area contributed by atoms with Gasteiger partial charge in [0.1, 0.15) is 0 Å². The van der Waals surface area contributed by atoms with Gasteiger partial charge >= 0.3 is 0 Å². The van der Waals surface area contributed by atoms with E-state index in [4.69, 9.17) is 0 Å². The molecular weight excluding hydrogens is 220 g/mol. The van der Waals surface area contributed by atoms with Gasteiger partial charge in [0.15, 0.2) is 0 Å². The fourth-order valence-corrected chi connectivity index (χ4v) is 2.31. The zero-order valence-corrected chi connectivity index (χ0v) is 11.8. The van der Waals surface area contributed by atoms with Crippen LogP contribution >= 0.6 is 0 Å². The van der Waals surface area contributed by atoms with Crippen molar-refractivity contribution in [1.29, 1.82) is 0 Å². The minimum Gasteiger partial charge on any atom is -0.512 e. The van der Waals surface area contributed by atoms with Gasteiger partial charge in [-0.2, -0.15) is 0 Å². The Morgan fingerprint density at radius 3 is 1.89 bits per heavy atom. The van der Waals surface area contributed by atoms with E-state index < -0.39 is 0 Å². The molecule has 0 bridgehead atoms. The van der Waals surface area contributed by atoms with E-state index in [0.717, 1.165) is 18.4 Å². The van der Waals surface area contributed by atoms with Crippen LogP contribution in [-0.4, -0.2) is 5.11 Å². The highest BCUT2D eigenvalue weighted by Crippen LogP contribution is 2.17. The van der Waals surface area contributed by atoms with E-state index in [0.29, 0.717) is 5.76 Å². The number of aliphatic hydroxyl groups excluding tert-OH is 1. The fourth-order valence-electron chi connectivity index (χ4n) is 2.31. The van der Waals surface area contributed by atoms with Gasteiger partial charge in [-0.15, -0.1) is 0 Å². The zero-order valence-electron chi connectivity index (χ0n) is 11.8. The summed E-state index contributed by atoms with van der Waals surface area (Å²) < 4.78 is 0. The van der Waals surface area contributed by atoms with Gasteiger partial charge in [0.05, 0.1) is 5.76 Å². The van der Waals surface area contributed by atoms with Gasteiger partial charge in [-0.1, -0.05) is 82.6 Å². The SMILES string of the molecule is CCCCCCCCCCCC(O)=C1C=CC=C1. The zero-order chi connectivity index (χ0) is 13.1. The molecule has 1 aliphatic rings. The minimum absolute atomic E-state index is 0.558. The molecule has 1 nitrogen and oxygen atoms in total. The normalized spacial score (nSPS) is 13.5. The maximum atomic E-state index is 9.83. The van der Waals surface area contributed by atoms with Crippen LogP contribution in [0.5, 0.6) is 0 Å². The first-order valence-corrected chi connectivity index (χ1v) is 7.61. The van der Waals surface area contributed by atoms with Gasteiger partial charge in [0, 0.05) is 12.0 Å². The molecule has 0 fully saturated rings. The highest BCUT2D eigenvalue weighted by molar-refractivity contribution is 5.41. The average molecular weight is 248 g/mol. The first-order valence-electron chi connectivity index (χ1n) is 7.61. The van der Waals surface area contributed by atoms with E-state index in [2.05, 4.69) is 6.92 Å². The van der Waals surface area contributed by atoms with Crippen LogP contribution in [0.2, 0.25) is 0 Å². The van der Waals surface area contributed by atoms with Gasteiger partial charge in [-0.25, -0.2) is 0 Å². The van der Waals surface area contributed by atoms with Gasteiger partial charge in [-0.3, -0.25) is 0 Å². The maximum absolute atomic E-state index is 9.83. The Kier molecular flexibility index (Phi) is 8.37. The van der Waals surface area contributed by atoms with Gasteiger partial charge in [0.2, 0.25) is 0 Å². The molecule has 1 heteroatoms. The Hall–Kier alpha value is -0.980. The molecule has 0 atom stereocenters. The molecule has 0 aromatic carbocycles. The summed E-state index contributed by atoms with van der Waals surface area (Å²) in [5.74, 6) is 0.558. The van der Waals surface area contributed by atoms with Crippen molar-refractivity contribution in [2.24, 2.45) is 0 Å². The molecule has 0 aromatic heterocycles. The Balaban J connectivity index is 1.91. The largest absolute Gasteiger partial charge is 0.512 e. The summed E-state index contributed by atoms with van der Waals surface area (Å²) in [5.41, 5.74) is 0.995. The molecular formula is C17H28O. The average Bonchev–Trinajstić information content (AvgIpc) is 2.90. The third-order valence-corrected chi connectivity index (χ3v) is 3.51. The maximum Gasteiger partial charge on any atom is 0.0994 e. The minimum atomic E-state index is 0.558. The molecule has 0 heterocycles. The molecule has 102 valence electrons. The summed E-state index contributed by atoms with van der Waals surface area (Å²) in [4.78, 5) is 0. The molecule has 0 amide bonds. The first-order chi connectivity index (χ1) is 8.84. The third-order valence-electron chi connectivity index (χ3n) is 3.51. The second kappa shape index (κ2) is 9.99. The monoisotopic (exact) mass is 248 g/mol. The number of aliphatic hydroxyl groups is 1. The Morgan fingerprint density at radius 1 is 0.833 bits per heavy atom. The van der Waals surface area contributed by atoms with Gasteiger partial charge in [0.25, 0.3) is 0 Å². The predicted molar refractivity (Wildman–Crippen MR) is 79.8 cm³/mol. The van der Waals surface area contributed by atoms with Crippen molar-refractivity contribution in [3.8, 4) is 0 Å². The lowest BCUT2D eigenvalue weighted by molar-refractivity contribution is 0.377. The molecule has 0 aliphatic heterocycles. The Labute approximate surface area is 112 Å². The van der Waals surface area contributed by atoms with Crippen LogP contribution in [0, 0.1) is 0 Å². The van der Waals surface area contributed by atoms with Crippen LogP contribution in [0.25, 0.3) is 0 Å². The van der Waals surface area contributed by atoms with Crippen LogP contribution < -0.4 is 0 Å². The van der Waals surface area contributed by atoms with Crippen molar-refractivity contribution in [2.75, 3.05) is 0 Å². The van der Waals surface area contributed by atoms with Crippen LogP contribution in [-0.2, 0) is 0 Å². The van der Waals surface area contributed by atoms with E-state index in [1.54, 1.807) is 0 Å². The van der Waals surface area contributed by atoms with E-state index >= 15 is 0 Å². The molecule has 1 rings (SSSR count).